The first kappa shape index (κ1) is 15.9. The summed E-state index contributed by atoms with van der Waals surface area (Å²) < 4.78 is 1.70. The zero-order valence-corrected chi connectivity index (χ0v) is 13.8. The predicted octanol–water partition coefficient (Wildman–Crippen LogP) is 2.03. The van der Waals surface area contributed by atoms with Crippen LogP contribution in [-0.2, 0) is 0 Å². The molecule has 2 heterocycles. The van der Waals surface area contributed by atoms with Gasteiger partial charge in [0, 0.05) is 18.2 Å². The minimum atomic E-state index is 0.548. The first-order chi connectivity index (χ1) is 11.7. The summed E-state index contributed by atoms with van der Waals surface area (Å²) in [7, 11) is 4.12. The summed E-state index contributed by atoms with van der Waals surface area (Å²) in [4.78, 5) is 10.8. The number of anilines is 1. The van der Waals surface area contributed by atoms with Gasteiger partial charge in [0.2, 0.25) is 0 Å². The summed E-state index contributed by atoms with van der Waals surface area (Å²) in [6.07, 6.45) is 2.52. The van der Waals surface area contributed by atoms with Crippen LogP contribution in [0.15, 0.2) is 36.7 Å². The standard InChI is InChI=1S/C17H19N7/c1-23(2)9-3-8-19-16-10-15(24-17(22-16)20-12-21-24)14-6-4-13(11-18)5-7-14/h4-7,10,12H,3,8-9H2,1-2H3,(H,19,20,21,22). The molecule has 122 valence electrons. The first-order valence-corrected chi connectivity index (χ1v) is 7.77. The van der Waals surface area contributed by atoms with Gasteiger partial charge in [-0.1, -0.05) is 12.1 Å². The second-order valence-corrected chi connectivity index (χ2v) is 5.77. The fraction of sp³-hybridized carbons (Fsp3) is 0.294. The van der Waals surface area contributed by atoms with E-state index >= 15 is 0 Å². The number of nitrogens with one attached hydrogen (secondary N) is 1. The predicted molar refractivity (Wildman–Crippen MR) is 92.6 cm³/mol. The van der Waals surface area contributed by atoms with Crippen molar-refractivity contribution in [3.63, 3.8) is 0 Å². The van der Waals surface area contributed by atoms with Crippen LogP contribution >= 0.6 is 0 Å². The fourth-order valence-corrected chi connectivity index (χ4v) is 2.44. The minimum absolute atomic E-state index is 0.548. The van der Waals surface area contributed by atoms with E-state index in [0.29, 0.717) is 11.3 Å². The molecule has 7 heteroatoms. The average molecular weight is 321 g/mol. The second kappa shape index (κ2) is 7.06. The lowest BCUT2D eigenvalue weighted by atomic mass is 10.1. The summed E-state index contributed by atoms with van der Waals surface area (Å²) in [5.41, 5.74) is 2.48. The van der Waals surface area contributed by atoms with Crippen LogP contribution in [0, 0.1) is 11.3 Å². The molecular weight excluding hydrogens is 302 g/mol. The third-order valence-corrected chi connectivity index (χ3v) is 3.65. The van der Waals surface area contributed by atoms with Gasteiger partial charge in [-0.3, -0.25) is 0 Å². The number of benzene rings is 1. The van der Waals surface area contributed by atoms with Gasteiger partial charge in [0.05, 0.1) is 17.3 Å². The van der Waals surface area contributed by atoms with Crippen LogP contribution in [-0.4, -0.2) is 51.7 Å². The van der Waals surface area contributed by atoms with Gasteiger partial charge >= 0.3 is 0 Å². The Balaban J connectivity index is 1.88. The fourth-order valence-electron chi connectivity index (χ4n) is 2.44. The van der Waals surface area contributed by atoms with Crippen LogP contribution in [0.4, 0.5) is 5.82 Å². The smallest absolute Gasteiger partial charge is 0.254 e. The number of nitriles is 1. The van der Waals surface area contributed by atoms with E-state index in [9.17, 15) is 0 Å². The van der Waals surface area contributed by atoms with Crippen molar-refractivity contribution < 1.29 is 0 Å². The Bertz CT molecular complexity index is 859. The van der Waals surface area contributed by atoms with E-state index in [1.165, 1.54) is 6.33 Å². The van der Waals surface area contributed by atoms with E-state index in [1.54, 1.807) is 16.6 Å². The lowest BCUT2D eigenvalue weighted by Gasteiger charge is -2.11. The van der Waals surface area contributed by atoms with Crippen LogP contribution in [0.2, 0.25) is 0 Å². The highest BCUT2D eigenvalue weighted by atomic mass is 15.3. The second-order valence-electron chi connectivity index (χ2n) is 5.77. The van der Waals surface area contributed by atoms with Crippen molar-refractivity contribution in [2.75, 3.05) is 32.5 Å². The topological polar surface area (TPSA) is 82.1 Å². The van der Waals surface area contributed by atoms with Crippen molar-refractivity contribution >= 4 is 11.6 Å². The maximum Gasteiger partial charge on any atom is 0.254 e. The number of aromatic nitrogens is 4. The first-order valence-electron chi connectivity index (χ1n) is 7.77. The van der Waals surface area contributed by atoms with Crippen LogP contribution in [0.5, 0.6) is 0 Å². The molecule has 0 fully saturated rings. The number of rotatable bonds is 6. The quantitative estimate of drug-likeness (QED) is 0.700. The van der Waals surface area contributed by atoms with Crippen molar-refractivity contribution in [1.82, 2.24) is 24.5 Å². The number of fused-ring (bicyclic) bond motifs is 1. The molecule has 1 aromatic carbocycles. The molecule has 0 aliphatic rings. The maximum absolute atomic E-state index is 8.94. The molecule has 0 aliphatic heterocycles. The molecule has 24 heavy (non-hydrogen) atoms. The van der Waals surface area contributed by atoms with Gasteiger partial charge in [-0.2, -0.15) is 24.8 Å². The molecule has 2 aromatic heterocycles. The van der Waals surface area contributed by atoms with Crippen LogP contribution in [0.25, 0.3) is 17.0 Å². The largest absolute Gasteiger partial charge is 0.370 e. The maximum atomic E-state index is 8.94. The number of hydrogen-bond acceptors (Lipinski definition) is 6. The highest BCUT2D eigenvalue weighted by Crippen LogP contribution is 2.22. The van der Waals surface area contributed by atoms with Crippen molar-refractivity contribution in [3.8, 4) is 17.3 Å². The summed E-state index contributed by atoms with van der Waals surface area (Å²) in [5.74, 6) is 1.32. The summed E-state index contributed by atoms with van der Waals surface area (Å²) in [5, 5.41) is 16.5. The Hall–Kier alpha value is -2.98. The number of nitrogens with zero attached hydrogens (tertiary/aromatic N) is 6. The van der Waals surface area contributed by atoms with Gasteiger partial charge in [-0.25, -0.2) is 0 Å². The van der Waals surface area contributed by atoms with Gasteiger partial charge in [0.1, 0.15) is 12.1 Å². The molecule has 0 atom stereocenters. The molecule has 7 nitrogen and oxygen atoms in total. The lowest BCUT2D eigenvalue weighted by Crippen LogP contribution is -2.16. The van der Waals surface area contributed by atoms with E-state index in [2.05, 4.69) is 45.4 Å². The monoisotopic (exact) mass is 321 g/mol. The van der Waals surface area contributed by atoms with E-state index in [-0.39, 0.29) is 0 Å². The van der Waals surface area contributed by atoms with Crippen molar-refractivity contribution in [2.45, 2.75) is 6.42 Å². The number of hydrogen-bond donors (Lipinski definition) is 1. The Labute approximate surface area is 140 Å². The molecule has 1 N–H and O–H groups in total. The SMILES string of the molecule is CN(C)CCCNc1cc(-c2ccc(C#N)cc2)n2ncnc2n1. The normalized spacial score (nSPS) is 10.9. The molecule has 0 amide bonds. The Morgan fingerprint density at radius 3 is 2.75 bits per heavy atom. The van der Waals surface area contributed by atoms with Gasteiger partial charge < -0.3 is 10.2 Å². The summed E-state index contributed by atoms with van der Waals surface area (Å²) in [6, 6.07) is 11.5. The van der Waals surface area contributed by atoms with Gasteiger partial charge in [-0.15, -0.1) is 0 Å². The van der Waals surface area contributed by atoms with Crippen molar-refractivity contribution in [1.29, 1.82) is 5.26 Å². The molecule has 0 radical (unpaired) electrons. The Morgan fingerprint density at radius 2 is 2.04 bits per heavy atom. The average Bonchev–Trinajstić information content (AvgIpc) is 3.06. The molecule has 0 saturated heterocycles. The molecule has 0 spiro atoms. The van der Waals surface area contributed by atoms with E-state index in [0.717, 1.165) is 36.6 Å². The lowest BCUT2D eigenvalue weighted by molar-refractivity contribution is 0.405. The van der Waals surface area contributed by atoms with Crippen LogP contribution < -0.4 is 5.32 Å². The van der Waals surface area contributed by atoms with Crippen molar-refractivity contribution in [3.05, 3.63) is 42.2 Å². The molecular formula is C17H19N7. The van der Waals surface area contributed by atoms with Gasteiger partial charge in [-0.05, 0) is 39.2 Å². The zero-order chi connectivity index (χ0) is 16.9. The highest BCUT2D eigenvalue weighted by Gasteiger charge is 2.09. The molecule has 0 saturated carbocycles. The molecule has 0 aliphatic carbocycles. The van der Waals surface area contributed by atoms with Crippen molar-refractivity contribution in [2.24, 2.45) is 0 Å². The molecule has 3 rings (SSSR count). The van der Waals surface area contributed by atoms with Crippen LogP contribution in [0.3, 0.4) is 0 Å². The molecule has 3 aromatic rings. The van der Waals surface area contributed by atoms with E-state index < -0.39 is 0 Å². The Morgan fingerprint density at radius 1 is 1.25 bits per heavy atom. The molecule has 0 unspecified atom stereocenters. The van der Waals surface area contributed by atoms with Crippen LogP contribution in [0.1, 0.15) is 12.0 Å². The van der Waals surface area contributed by atoms with E-state index in [4.69, 9.17) is 5.26 Å². The summed E-state index contributed by atoms with van der Waals surface area (Å²) in [6.45, 7) is 1.85. The van der Waals surface area contributed by atoms with Gasteiger partial charge in [0.25, 0.3) is 5.78 Å². The third-order valence-electron chi connectivity index (χ3n) is 3.65. The summed E-state index contributed by atoms with van der Waals surface area (Å²) >= 11 is 0. The molecule has 0 bridgehead atoms. The Kier molecular flexibility index (Phi) is 4.68. The van der Waals surface area contributed by atoms with Gasteiger partial charge in [0.15, 0.2) is 0 Å². The minimum Gasteiger partial charge on any atom is -0.370 e. The van der Waals surface area contributed by atoms with E-state index in [1.807, 2.05) is 18.2 Å². The zero-order valence-electron chi connectivity index (χ0n) is 13.8. The third kappa shape index (κ3) is 3.50. The highest BCUT2D eigenvalue weighted by molar-refractivity contribution is 5.66.